The molecule has 4 rings (SSSR count). The van der Waals surface area contributed by atoms with Crippen LogP contribution in [0.25, 0.3) is 10.9 Å². The van der Waals surface area contributed by atoms with Gasteiger partial charge in [-0.3, -0.25) is 4.79 Å². The van der Waals surface area contributed by atoms with Crippen LogP contribution in [0.3, 0.4) is 0 Å². The fourth-order valence-corrected chi connectivity index (χ4v) is 3.89. The molecule has 0 atom stereocenters. The normalized spacial score (nSPS) is 13.0. The number of urea groups is 1. The molecule has 0 saturated carbocycles. The van der Waals surface area contributed by atoms with E-state index in [0.29, 0.717) is 26.2 Å². The summed E-state index contributed by atoms with van der Waals surface area (Å²) in [4.78, 5) is 29.8. The maximum Gasteiger partial charge on any atom is 0.317 e. The van der Waals surface area contributed by atoms with E-state index in [9.17, 15) is 9.59 Å². The van der Waals surface area contributed by atoms with Gasteiger partial charge in [-0.15, -0.1) is 0 Å². The third-order valence-corrected chi connectivity index (χ3v) is 5.47. The second-order valence-electron chi connectivity index (χ2n) is 7.37. The Morgan fingerprint density at radius 2 is 1.90 bits per heavy atom. The minimum absolute atomic E-state index is 0.113. The number of methoxy groups -OCH3 is 1. The van der Waals surface area contributed by atoms with E-state index in [2.05, 4.69) is 27.8 Å². The number of ether oxygens (including phenoxy) is 1. The van der Waals surface area contributed by atoms with Gasteiger partial charge >= 0.3 is 6.03 Å². The first kappa shape index (κ1) is 19.8. The quantitative estimate of drug-likeness (QED) is 0.588. The molecule has 7 nitrogen and oxygen atoms in total. The van der Waals surface area contributed by atoms with Crippen molar-refractivity contribution in [1.82, 2.24) is 20.5 Å². The van der Waals surface area contributed by atoms with Crippen molar-refractivity contribution in [1.29, 1.82) is 0 Å². The number of fused-ring (bicyclic) bond motifs is 3. The average Bonchev–Trinajstić information content (AvgIpc) is 3.15. The highest BCUT2D eigenvalue weighted by Crippen LogP contribution is 2.27. The Labute approximate surface area is 175 Å². The molecule has 0 unspecified atom stereocenters. The summed E-state index contributed by atoms with van der Waals surface area (Å²) in [5.74, 6) is 0.630. The Hall–Kier alpha value is -3.48. The van der Waals surface area contributed by atoms with Crippen molar-refractivity contribution in [3.05, 3.63) is 65.4 Å². The zero-order valence-electron chi connectivity index (χ0n) is 17.0. The molecule has 30 heavy (non-hydrogen) atoms. The molecule has 1 aliphatic heterocycles. The third kappa shape index (κ3) is 4.25. The maximum absolute atomic E-state index is 12.5. The second kappa shape index (κ2) is 8.90. The maximum atomic E-state index is 12.5. The van der Waals surface area contributed by atoms with Crippen molar-refractivity contribution in [2.24, 2.45) is 0 Å². The molecule has 2 heterocycles. The molecule has 3 aromatic rings. The van der Waals surface area contributed by atoms with Crippen LogP contribution in [-0.4, -0.2) is 42.0 Å². The van der Waals surface area contributed by atoms with E-state index in [1.807, 2.05) is 36.4 Å². The topological polar surface area (TPSA) is 86.5 Å². The number of hydrogen-bond donors (Lipinski definition) is 3. The minimum Gasteiger partial charge on any atom is -0.496 e. The number of aromatic nitrogens is 1. The summed E-state index contributed by atoms with van der Waals surface area (Å²) in [6.45, 7) is 1.91. The Morgan fingerprint density at radius 3 is 2.77 bits per heavy atom. The number of nitrogens with one attached hydrogen (secondary N) is 3. The van der Waals surface area contributed by atoms with Gasteiger partial charge in [-0.05, 0) is 24.1 Å². The Balaban J connectivity index is 1.23. The largest absolute Gasteiger partial charge is 0.496 e. The van der Waals surface area contributed by atoms with Crippen LogP contribution < -0.4 is 15.4 Å². The molecule has 3 amide bonds. The summed E-state index contributed by atoms with van der Waals surface area (Å²) in [7, 11) is 1.61. The molecule has 0 fully saturated rings. The second-order valence-corrected chi connectivity index (χ2v) is 7.37. The van der Waals surface area contributed by atoms with Crippen LogP contribution in [0.4, 0.5) is 4.79 Å². The first-order chi connectivity index (χ1) is 14.7. The van der Waals surface area contributed by atoms with Gasteiger partial charge in [-0.1, -0.05) is 36.4 Å². The van der Waals surface area contributed by atoms with Crippen LogP contribution in [-0.2, 0) is 24.3 Å². The van der Waals surface area contributed by atoms with E-state index < -0.39 is 0 Å². The van der Waals surface area contributed by atoms with Gasteiger partial charge in [-0.2, -0.15) is 0 Å². The number of carbonyl (C=O) groups excluding carboxylic acids is 2. The average molecular weight is 406 g/mol. The SMILES string of the molecule is COc1ccccc1CNC(=O)CCNC(=O)N1CCc2c([nH]c3ccccc23)C1. The molecular formula is C23H26N4O3. The molecule has 0 bridgehead atoms. The number of hydrogen-bond acceptors (Lipinski definition) is 3. The van der Waals surface area contributed by atoms with Crippen LogP contribution in [0.5, 0.6) is 5.75 Å². The van der Waals surface area contributed by atoms with Crippen LogP contribution in [0.2, 0.25) is 0 Å². The van der Waals surface area contributed by atoms with Crippen LogP contribution in [0, 0.1) is 0 Å². The molecule has 1 aromatic heterocycles. The van der Waals surface area contributed by atoms with E-state index in [0.717, 1.165) is 28.9 Å². The lowest BCUT2D eigenvalue weighted by molar-refractivity contribution is -0.121. The summed E-state index contributed by atoms with van der Waals surface area (Å²) < 4.78 is 5.29. The number of amides is 3. The van der Waals surface area contributed by atoms with Crippen molar-refractivity contribution >= 4 is 22.8 Å². The van der Waals surface area contributed by atoms with Crippen molar-refractivity contribution in [2.45, 2.75) is 25.9 Å². The fraction of sp³-hybridized carbons (Fsp3) is 0.304. The summed E-state index contributed by atoms with van der Waals surface area (Å²) in [6.07, 6.45) is 1.05. The lowest BCUT2D eigenvalue weighted by atomic mass is 10.0. The molecule has 0 spiro atoms. The van der Waals surface area contributed by atoms with E-state index in [1.54, 1.807) is 12.0 Å². The number of rotatable bonds is 6. The van der Waals surface area contributed by atoms with Gasteiger partial charge in [0, 0.05) is 48.2 Å². The number of H-pyrrole nitrogens is 1. The molecule has 3 N–H and O–H groups in total. The molecule has 1 aliphatic rings. The van der Waals surface area contributed by atoms with Crippen molar-refractivity contribution in [3.8, 4) is 5.75 Å². The van der Waals surface area contributed by atoms with Crippen molar-refractivity contribution < 1.29 is 14.3 Å². The first-order valence-corrected chi connectivity index (χ1v) is 10.2. The van der Waals surface area contributed by atoms with Crippen LogP contribution >= 0.6 is 0 Å². The van der Waals surface area contributed by atoms with E-state index in [1.165, 1.54) is 10.9 Å². The van der Waals surface area contributed by atoms with Crippen LogP contribution in [0.15, 0.2) is 48.5 Å². The van der Waals surface area contributed by atoms with E-state index in [4.69, 9.17) is 4.74 Å². The summed E-state index contributed by atoms with van der Waals surface area (Å²) >= 11 is 0. The van der Waals surface area contributed by atoms with Gasteiger partial charge < -0.3 is 25.3 Å². The number of benzene rings is 2. The summed E-state index contributed by atoms with van der Waals surface area (Å²) in [6, 6.07) is 15.6. The van der Waals surface area contributed by atoms with E-state index in [-0.39, 0.29) is 18.4 Å². The van der Waals surface area contributed by atoms with Gasteiger partial charge in [0.1, 0.15) is 5.75 Å². The zero-order chi connectivity index (χ0) is 20.9. The van der Waals surface area contributed by atoms with E-state index >= 15 is 0 Å². The number of carbonyl (C=O) groups is 2. The fourth-order valence-electron chi connectivity index (χ4n) is 3.89. The third-order valence-electron chi connectivity index (χ3n) is 5.47. The lowest BCUT2D eigenvalue weighted by Gasteiger charge is -2.27. The molecule has 0 aliphatic carbocycles. The number of nitrogens with zero attached hydrogens (tertiary/aromatic N) is 1. The monoisotopic (exact) mass is 406 g/mol. The number of aromatic amines is 1. The standard InChI is InChI=1S/C23H26N4O3/c1-30-21-9-5-2-6-16(21)14-25-22(28)10-12-24-23(29)27-13-11-18-17-7-3-4-8-19(17)26-20(18)15-27/h2-9,26H,10-15H2,1H3,(H,24,29)(H,25,28). The molecule has 2 aromatic carbocycles. The smallest absolute Gasteiger partial charge is 0.317 e. The Kier molecular flexibility index (Phi) is 5.88. The lowest BCUT2D eigenvalue weighted by Crippen LogP contribution is -2.43. The summed E-state index contributed by atoms with van der Waals surface area (Å²) in [5, 5.41) is 6.96. The minimum atomic E-state index is -0.142. The Bertz CT molecular complexity index is 1060. The number of para-hydroxylation sites is 2. The highest BCUT2D eigenvalue weighted by atomic mass is 16.5. The predicted octanol–water partition coefficient (Wildman–Crippen LogP) is 2.95. The van der Waals surface area contributed by atoms with Crippen LogP contribution in [0.1, 0.15) is 23.2 Å². The van der Waals surface area contributed by atoms with Crippen molar-refractivity contribution in [3.63, 3.8) is 0 Å². The molecule has 7 heteroatoms. The molecule has 0 radical (unpaired) electrons. The van der Waals surface area contributed by atoms with Gasteiger partial charge in [-0.25, -0.2) is 4.79 Å². The highest BCUT2D eigenvalue weighted by molar-refractivity contribution is 5.85. The summed E-state index contributed by atoms with van der Waals surface area (Å²) in [5.41, 5.74) is 4.41. The van der Waals surface area contributed by atoms with Gasteiger partial charge in [0.05, 0.1) is 13.7 Å². The molecule has 156 valence electrons. The zero-order valence-corrected chi connectivity index (χ0v) is 17.0. The highest BCUT2D eigenvalue weighted by Gasteiger charge is 2.23. The van der Waals surface area contributed by atoms with Crippen molar-refractivity contribution in [2.75, 3.05) is 20.2 Å². The van der Waals surface area contributed by atoms with Gasteiger partial charge in [0.15, 0.2) is 0 Å². The Morgan fingerprint density at radius 1 is 1.10 bits per heavy atom. The predicted molar refractivity (Wildman–Crippen MR) is 115 cm³/mol. The first-order valence-electron chi connectivity index (χ1n) is 10.2. The molecule has 0 saturated heterocycles. The molecular weight excluding hydrogens is 380 g/mol. The van der Waals surface area contributed by atoms with Gasteiger partial charge in [0.25, 0.3) is 0 Å². The van der Waals surface area contributed by atoms with Gasteiger partial charge in [0.2, 0.25) is 5.91 Å².